The fourth-order valence-corrected chi connectivity index (χ4v) is 2.98. The molecule has 1 aromatic rings. The van der Waals surface area contributed by atoms with E-state index in [1.165, 1.54) is 18.4 Å². The molecule has 0 aromatic heterocycles. The van der Waals surface area contributed by atoms with Gasteiger partial charge in [0, 0.05) is 37.3 Å². The maximum Gasteiger partial charge on any atom is 0.0589 e. The molecule has 1 aliphatic rings. The molecule has 1 fully saturated rings. The number of rotatable bonds is 10. The smallest absolute Gasteiger partial charge is 0.0589 e. The second-order valence-electron chi connectivity index (χ2n) is 5.71. The number of hydrogen-bond donors (Lipinski definition) is 1. The van der Waals surface area contributed by atoms with Gasteiger partial charge in [-0.2, -0.15) is 0 Å². The molecule has 0 saturated heterocycles. The molecule has 0 amide bonds. The molecule has 1 unspecified atom stereocenters. The summed E-state index contributed by atoms with van der Waals surface area (Å²) in [5.74, 6) is 0. The standard InChI is InChI=1S/C17H27ClN2O/c1-3-19-17(14-5-4-6-15(18)13-14)9-10-20(11-12-21-2)16-7-8-16/h4-6,13,16-17,19H,3,7-12H2,1-2H3. The maximum absolute atomic E-state index is 6.13. The van der Waals surface area contributed by atoms with E-state index in [0.717, 1.165) is 43.7 Å². The van der Waals surface area contributed by atoms with Crippen LogP contribution in [-0.4, -0.2) is 44.3 Å². The van der Waals surface area contributed by atoms with Gasteiger partial charge in [0.1, 0.15) is 0 Å². The lowest BCUT2D eigenvalue weighted by atomic mass is 10.0. The minimum Gasteiger partial charge on any atom is -0.383 e. The maximum atomic E-state index is 6.13. The summed E-state index contributed by atoms with van der Waals surface area (Å²) >= 11 is 6.13. The average molecular weight is 311 g/mol. The lowest BCUT2D eigenvalue weighted by molar-refractivity contribution is 0.140. The predicted octanol–water partition coefficient (Wildman–Crippen LogP) is 3.49. The highest BCUT2D eigenvalue weighted by atomic mass is 35.5. The van der Waals surface area contributed by atoms with Crippen LogP contribution in [0.3, 0.4) is 0 Å². The van der Waals surface area contributed by atoms with Crippen molar-refractivity contribution in [1.29, 1.82) is 0 Å². The summed E-state index contributed by atoms with van der Waals surface area (Å²) in [6.45, 7) is 6.09. The highest BCUT2D eigenvalue weighted by molar-refractivity contribution is 6.30. The molecule has 21 heavy (non-hydrogen) atoms. The second-order valence-corrected chi connectivity index (χ2v) is 6.15. The van der Waals surface area contributed by atoms with Crippen LogP contribution >= 0.6 is 11.6 Å². The number of nitrogens with one attached hydrogen (secondary N) is 1. The molecule has 1 aromatic carbocycles. The number of methoxy groups -OCH3 is 1. The van der Waals surface area contributed by atoms with Crippen LogP contribution in [-0.2, 0) is 4.74 Å². The van der Waals surface area contributed by atoms with Crippen LogP contribution in [0.5, 0.6) is 0 Å². The first kappa shape index (κ1) is 16.8. The Labute approximate surface area is 133 Å². The molecular weight excluding hydrogens is 284 g/mol. The zero-order chi connectivity index (χ0) is 15.1. The molecule has 4 heteroatoms. The molecule has 1 atom stereocenters. The molecule has 1 aliphatic carbocycles. The summed E-state index contributed by atoms with van der Waals surface area (Å²) in [5.41, 5.74) is 1.28. The molecule has 1 saturated carbocycles. The first-order valence-corrected chi connectivity index (χ1v) is 8.34. The van der Waals surface area contributed by atoms with Crippen molar-refractivity contribution in [3.05, 3.63) is 34.9 Å². The first-order valence-electron chi connectivity index (χ1n) is 7.96. The van der Waals surface area contributed by atoms with E-state index < -0.39 is 0 Å². The third kappa shape index (κ3) is 5.59. The van der Waals surface area contributed by atoms with Crippen LogP contribution in [0.4, 0.5) is 0 Å². The quantitative estimate of drug-likeness (QED) is 0.716. The molecule has 2 rings (SSSR count). The molecule has 0 heterocycles. The fourth-order valence-electron chi connectivity index (χ4n) is 2.78. The van der Waals surface area contributed by atoms with Gasteiger partial charge in [-0.25, -0.2) is 0 Å². The Kier molecular flexibility index (Phi) is 6.97. The molecular formula is C17H27ClN2O. The second kappa shape index (κ2) is 8.74. The van der Waals surface area contributed by atoms with Crippen molar-refractivity contribution in [3.63, 3.8) is 0 Å². The number of nitrogens with zero attached hydrogens (tertiary/aromatic N) is 1. The van der Waals surface area contributed by atoms with Gasteiger partial charge in [0.05, 0.1) is 6.61 Å². The minimum absolute atomic E-state index is 0.373. The molecule has 0 bridgehead atoms. The normalized spacial score (nSPS) is 16.4. The fraction of sp³-hybridized carbons (Fsp3) is 0.647. The number of ether oxygens (including phenoxy) is 1. The summed E-state index contributed by atoms with van der Waals surface area (Å²) in [4.78, 5) is 2.57. The average Bonchev–Trinajstić information content (AvgIpc) is 3.31. The van der Waals surface area contributed by atoms with Crippen LogP contribution in [0, 0.1) is 0 Å². The third-order valence-corrected chi connectivity index (χ3v) is 4.29. The Bertz CT molecular complexity index is 423. The SMILES string of the molecule is CCNC(CCN(CCOC)C1CC1)c1cccc(Cl)c1. The number of halogens is 1. The zero-order valence-corrected chi connectivity index (χ0v) is 13.9. The van der Waals surface area contributed by atoms with E-state index in [1.807, 2.05) is 12.1 Å². The Balaban J connectivity index is 1.92. The highest BCUT2D eigenvalue weighted by Gasteiger charge is 2.28. The third-order valence-electron chi connectivity index (χ3n) is 4.05. The van der Waals surface area contributed by atoms with Gasteiger partial charge in [0.15, 0.2) is 0 Å². The van der Waals surface area contributed by atoms with Crippen LogP contribution in [0.25, 0.3) is 0 Å². The van der Waals surface area contributed by atoms with Gasteiger partial charge in [-0.1, -0.05) is 30.7 Å². The number of hydrogen-bond acceptors (Lipinski definition) is 3. The summed E-state index contributed by atoms with van der Waals surface area (Å²) in [6.07, 6.45) is 3.79. The van der Waals surface area contributed by atoms with Gasteiger partial charge in [0.2, 0.25) is 0 Å². The molecule has 0 aliphatic heterocycles. The van der Waals surface area contributed by atoms with E-state index in [-0.39, 0.29) is 0 Å². The van der Waals surface area contributed by atoms with Crippen molar-refractivity contribution in [2.24, 2.45) is 0 Å². The van der Waals surface area contributed by atoms with Gasteiger partial charge < -0.3 is 10.1 Å². The Morgan fingerprint density at radius 2 is 2.19 bits per heavy atom. The van der Waals surface area contributed by atoms with Gasteiger partial charge in [0.25, 0.3) is 0 Å². The molecule has 3 nitrogen and oxygen atoms in total. The molecule has 0 spiro atoms. The van der Waals surface area contributed by atoms with E-state index in [1.54, 1.807) is 7.11 Å². The topological polar surface area (TPSA) is 24.5 Å². The predicted molar refractivity (Wildman–Crippen MR) is 89.0 cm³/mol. The van der Waals surface area contributed by atoms with Crippen LogP contribution in [0.15, 0.2) is 24.3 Å². The lowest BCUT2D eigenvalue weighted by Crippen LogP contribution is -2.33. The highest BCUT2D eigenvalue weighted by Crippen LogP contribution is 2.28. The molecule has 0 radical (unpaired) electrons. The van der Waals surface area contributed by atoms with E-state index >= 15 is 0 Å². The summed E-state index contributed by atoms with van der Waals surface area (Å²) < 4.78 is 5.23. The van der Waals surface area contributed by atoms with Crippen LogP contribution in [0.1, 0.15) is 37.8 Å². The minimum atomic E-state index is 0.373. The molecule has 118 valence electrons. The van der Waals surface area contributed by atoms with E-state index in [2.05, 4.69) is 29.3 Å². The van der Waals surface area contributed by atoms with Crippen molar-refractivity contribution in [1.82, 2.24) is 10.2 Å². The van der Waals surface area contributed by atoms with Crippen molar-refractivity contribution in [2.75, 3.05) is 33.4 Å². The molecule has 1 N–H and O–H groups in total. The van der Waals surface area contributed by atoms with E-state index in [4.69, 9.17) is 16.3 Å². The van der Waals surface area contributed by atoms with E-state index in [0.29, 0.717) is 6.04 Å². The largest absolute Gasteiger partial charge is 0.383 e. The van der Waals surface area contributed by atoms with Gasteiger partial charge in [-0.3, -0.25) is 4.90 Å². The number of benzene rings is 1. The summed E-state index contributed by atoms with van der Waals surface area (Å²) in [7, 11) is 1.78. The lowest BCUT2D eigenvalue weighted by Gasteiger charge is -2.25. The van der Waals surface area contributed by atoms with Crippen molar-refractivity contribution >= 4 is 11.6 Å². The Morgan fingerprint density at radius 3 is 2.81 bits per heavy atom. The van der Waals surface area contributed by atoms with Gasteiger partial charge in [-0.05, 0) is 43.5 Å². The first-order chi connectivity index (χ1) is 10.2. The van der Waals surface area contributed by atoms with Gasteiger partial charge in [-0.15, -0.1) is 0 Å². The zero-order valence-electron chi connectivity index (χ0n) is 13.1. The van der Waals surface area contributed by atoms with E-state index in [9.17, 15) is 0 Å². The van der Waals surface area contributed by atoms with Crippen LogP contribution < -0.4 is 5.32 Å². The monoisotopic (exact) mass is 310 g/mol. The van der Waals surface area contributed by atoms with Crippen LogP contribution in [0.2, 0.25) is 5.02 Å². The van der Waals surface area contributed by atoms with Crippen molar-refractivity contribution < 1.29 is 4.74 Å². The van der Waals surface area contributed by atoms with Crippen molar-refractivity contribution in [2.45, 2.75) is 38.3 Å². The van der Waals surface area contributed by atoms with Gasteiger partial charge >= 0.3 is 0 Å². The Hall–Kier alpha value is -0.610. The summed E-state index contributed by atoms with van der Waals surface area (Å²) in [5, 5.41) is 4.39. The van der Waals surface area contributed by atoms with Crippen molar-refractivity contribution in [3.8, 4) is 0 Å². The summed E-state index contributed by atoms with van der Waals surface area (Å²) in [6, 6.07) is 9.36. The Morgan fingerprint density at radius 1 is 1.38 bits per heavy atom.